The molecule has 0 spiro atoms. The highest BCUT2D eigenvalue weighted by Crippen LogP contribution is 2.49. The summed E-state index contributed by atoms with van der Waals surface area (Å²) in [5, 5.41) is 1.21. The molecular weight excluding hydrogens is 552 g/mol. The number of carbonyl (C=O) groups excluding carboxylic acids is 2. The van der Waals surface area contributed by atoms with Crippen LogP contribution in [0.3, 0.4) is 0 Å². The van der Waals surface area contributed by atoms with E-state index in [-0.39, 0.29) is 20.0 Å². The summed E-state index contributed by atoms with van der Waals surface area (Å²) in [6, 6.07) is 8.99. The van der Waals surface area contributed by atoms with Gasteiger partial charge in [-0.2, -0.15) is 0 Å². The van der Waals surface area contributed by atoms with Crippen molar-refractivity contribution in [1.29, 1.82) is 0 Å². The molecule has 3 aromatic carbocycles. The molecule has 0 unspecified atom stereocenters. The van der Waals surface area contributed by atoms with Crippen molar-refractivity contribution in [1.82, 2.24) is 0 Å². The van der Waals surface area contributed by atoms with Crippen LogP contribution in [0.4, 0.5) is 0 Å². The zero-order valence-electron chi connectivity index (χ0n) is 23.7. The van der Waals surface area contributed by atoms with E-state index in [4.69, 9.17) is 47.4 Å². The van der Waals surface area contributed by atoms with Crippen LogP contribution in [0.5, 0.6) is 28.7 Å². The van der Waals surface area contributed by atoms with E-state index in [1.807, 2.05) is 12.1 Å². The third kappa shape index (κ3) is 4.61. The third-order valence-corrected chi connectivity index (χ3v) is 7.57. The molecule has 3 heterocycles. The predicted octanol–water partition coefficient (Wildman–Crippen LogP) is 3.62. The van der Waals surface area contributed by atoms with Gasteiger partial charge in [0, 0.05) is 37.7 Å². The Morgan fingerprint density at radius 1 is 0.857 bits per heavy atom. The monoisotopic (exact) mass is 582 g/mol. The Balaban J connectivity index is 1.57. The molecule has 0 amide bonds. The first-order chi connectivity index (χ1) is 20.4. The van der Waals surface area contributed by atoms with Gasteiger partial charge in [0.15, 0.2) is 29.1 Å². The number of fused-ring (bicyclic) bond motifs is 3. The van der Waals surface area contributed by atoms with Crippen molar-refractivity contribution in [2.45, 2.75) is 38.1 Å². The molecule has 12 heteroatoms. The highest BCUT2D eigenvalue weighted by molar-refractivity contribution is 6.14. The summed E-state index contributed by atoms with van der Waals surface area (Å²) in [6.45, 7) is 1.45. The lowest BCUT2D eigenvalue weighted by atomic mass is 9.89. The molecule has 1 fully saturated rings. The van der Waals surface area contributed by atoms with E-state index in [1.54, 1.807) is 18.2 Å². The Morgan fingerprint density at radius 3 is 2.29 bits per heavy atom. The van der Waals surface area contributed by atoms with E-state index in [2.05, 4.69) is 0 Å². The SMILES string of the molecule is COc1cc2c(O[C@@H]3OC[C@@H](OC)[C@H](OC)[C@H]3OC(C)=O)c3c(c(-c4ccc5c(c4)OCO5)c2cc1OC)C(=O)OC3. The summed E-state index contributed by atoms with van der Waals surface area (Å²) < 4.78 is 57.2. The molecule has 0 saturated carbocycles. The average molecular weight is 583 g/mol. The molecular formula is C30H30O12. The van der Waals surface area contributed by atoms with E-state index >= 15 is 0 Å². The first kappa shape index (κ1) is 27.9. The molecule has 222 valence electrons. The highest BCUT2D eigenvalue weighted by atomic mass is 16.7. The minimum absolute atomic E-state index is 0.0509. The maximum Gasteiger partial charge on any atom is 0.339 e. The number of esters is 2. The quantitative estimate of drug-likeness (QED) is 0.360. The average Bonchev–Trinajstić information content (AvgIpc) is 3.62. The van der Waals surface area contributed by atoms with Gasteiger partial charge in [-0.15, -0.1) is 0 Å². The molecule has 0 aliphatic carbocycles. The molecule has 0 N–H and O–H groups in total. The highest BCUT2D eigenvalue weighted by Gasteiger charge is 2.46. The Labute approximate surface area is 241 Å². The van der Waals surface area contributed by atoms with Gasteiger partial charge in [-0.3, -0.25) is 4.79 Å². The van der Waals surface area contributed by atoms with E-state index in [1.165, 1.54) is 35.4 Å². The lowest BCUT2D eigenvalue weighted by Crippen LogP contribution is -2.57. The standard InChI is InChI=1S/C30H30O12/c1-14(31)41-28-27(36-5)23(35-4)12-38-30(28)42-26-17-10-21(34-3)20(33-2)9-16(17)24(25-18(26)11-37-29(25)32)15-6-7-19-22(8-15)40-13-39-19/h6-10,23,27-28,30H,11-13H2,1-5H3/t23-,27+,28-,30+/m1/s1. The van der Waals surface area contributed by atoms with Crippen LogP contribution >= 0.6 is 0 Å². The molecule has 6 rings (SSSR count). The predicted molar refractivity (Wildman–Crippen MR) is 145 cm³/mol. The van der Waals surface area contributed by atoms with Gasteiger partial charge in [-0.25, -0.2) is 4.79 Å². The molecule has 0 aromatic heterocycles. The summed E-state index contributed by atoms with van der Waals surface area (Å²) in [5.41, 5.74) is 2.12. The zero-order valence-corrected chi connectivity index (χ0v) is 23.7. The van der Waals surface area contributed by atoms with Crippen LogP contribution in [0.2, 0.25) is 0 Å². The van der Waals surface area contributed by atoms with E-state index < -0.39 is 36.5 Å². The van der Waals surface area contributed by atoms with E-state index in [9.17, 15) is 9.59 Å². The minimum Gasteiger partial charge on any atom is -0.493 e. The second-order valence-electron chi connectivity index (χ2n) is 9.82. The van der Waals surface area contributed by atoms with Gasteiger partial charge in [0.2, 0.25) is 13.1 Å². The fraction of sp³-hybridized carbons (Fsp3) is 0.400. The maximum absolute atomic E-state index is 13.3. The summed E-state index contributed by atoms with van der Waals surface area (Å²) in [4.78, 5) is 25.4. The van der Waals surface area contributed by atoms with Crippen molar-refractivity contribution in [3.63, 3.8) is 0 Å². The first-order valence-corrected chi connectivity index (χ1v) is 13.2. The van der Waals surface area contributed by atoms with Crippen LogP contribution in [-0.4, -0.2) is 78.4 Å². The van der Waals surface area contributed by atoms with E-state index in [0.29, 0.717) is 61.8 Å². The first-order valence-electron chi connectivity index (χ1n) is 13.2. The Kier molecular flexibility index (Phi) is 7.43. The second-order valence-corrected chi connectivity index (χ2v) is 9.82. The topological polar surface area (TPSA) is 126 Å². The summed E-state index contributed by atoms with van der Waals surface area (Å²) in [7, 11) is 6.06. The molecule has 0 radical (unpaired) electrons. The smallest absolute Gasteiger partial charge is 0.339 e. The molecule has 12 nitrogen and oxygen atoms in total. The number of rotatable bonds is 8. The number of hydrogen-bond acceptors (Lipinski definition) is 12. The van der Waals surface area contributed by atoms with Gasteiger partial charge in [-0.1, -0.05) is 6.07 Å². The van der Waals surface area contributed by atoms with Crippen LogP contribution < -0.4 is 23.7 Å². The molecule has 1 saturated heterocycles. The van der Waals surface area contributed by atoms with Crippen molar-refractivity contribution >= 4 is 22.7 Å². The number of methoxy groups -OCH3 is 4. The van der Waals surface area contributed by atoms with Crippen molar-refractivity contribution in [2.24, 2.45) is 0 Å². The molecule has 4 atom stereocenters. The molecule has 3 aromatic rings. The Hall–Kier alpha value is -4.26. The van der Waals surface area contributed by atoms with Gasteiger partial charge < -0.3 is 47.4 Å². The number of carbonyl (C=O) groups is 2. The normalized spacial score (nSPS) is 22.5. The van der Waals surface area contributed by atoms with Crippen LogP contribution in [0, 0.1) is 0 Å². The Morgan fingerprint density at radius 2 is 1.60 bits per heavy atom. The lowest BCUT2D eigenvalue weighted by Gasteiger charge is -2.40. The summed E-state index contributed by atoms with van der Waals surface area (Å²) >= 11 is 0. The van der Waals surface area contributed by atoms with Crippen molar-refractivity contribution in [2.75, 3.05) is 41.8 Å². The zero-order chi connectivity index (χ0) is 29.5. The lowest BCUT2D eigenvalue weighted by molar-refractivity contribution is -0.259. The minimum atomic E-state index is -1.10. The molecule has 0 bridgehead atoms. The maximum atomic E-state index is 13.3. The van der Waals surface area contributed by atoms with Gasteiger partial charge in [-0.05, 0) is 35.2 Å². The summed E-state index contributed by atoms with van der Waals surface area (Å²) in [5.74, 6) is 1.28. The number of benzene rings is 3. The molecule has 42 heavy (non-hydrogen) atoms. The summed E-state index contributed by atoms with van der Waals surface area (Å²) in [6.07, 6.45) is -3.27. The van der Waals surface area contributed by atoms with Gasteiger partial charge in [0.25, 0.3) is 0 Å². The molecule has 3 aliphatic heterocycles. The van der Waals surface area contributed by atoms with Crippen LogP contribution in [0.1, 0.15) is 22.8 Å². The number of ether oxygens (including phenoxy) is 10. The fourth-order valence-electron chi connectivity index (χ4n) is 5.66. The van der Waals surface area contributed by atoms with Gasteiger partial charge >= 0.3 is 11.9 Å². The van der Waals surface area contributed by atoms with Crippen molar-refractivity contribution < 1.29 is 57.0 Å². The van der Waals surface area contributed by atoms with E-state index in [0.717, 1.165) is 0 Å². The fourth-order valence-corrected chi connectivity index (χ4v) is 5.66. The van der Waals surface area contributed by atoms with Gasteiger partial charge in [0.05, 0.1) is 26.4 Å². The Bertz CT molecular complexity index is 1550. The van der Waals surface area contributed by atoms with Crippen LogP contribution in [0.25, 0.3) is 21.9 Å². The number of cyclic esters (lactones) is 1. The van der Waals surface area contributed by atoms with Crippen molar-refractivity contribution in [3.8, 4) is 39.9 Å². The molecule has 3 aliphatic rings. The second kappa shape index (κ2) is 11.2. The van der Waals surface area contributed by atoms with Crippen molar-refractivity contribution in [3.05, 3.63) is 41.5 Å². The third-order valence-electron chi connectivity index (χ3n) is 7.57. The number of hydrogen-bond donors (Lipinski definition) is 0. The van der Waals surface area contributed by atoms with Crippen LogP contribution in [0.15, 0.2) is 30.3 Å². The largest absolute Gasteiger partial charge is 0.493 e. The van der Waals surface area contributed by atoms with Crippen LogP contribution in [-0.2, 0) is 35.1 Å². The van der Waals surface area contributed by atoms with Gasteiger partial charge in [0.1, 0.15) is 24.6 Å².